The zero-order chi connectivity index (χ0) is 50.0. The van der Waals surface area contributed by atoms with Crippen LogP contribution in [-0.4, -0.2) is 46.1 Å². The van der Waals surface area contributed by atoms with E-state index in [-0.39, 0.29) is 6.61 Å². The second-order valence-electron chi connectivity index (χ2n) is 22.0. The van der Waals surface area contributed by atoms with Crippen LogP contribution >= 0.6 is 0 Å². The lowest BCUT2D eigenvalue weighted by molar-refractivity contribution is -0.131. The number of carbonyl (C=O) groups is 1. The van der Waals surface area contributed by atoms with Crippen LogP contribution in [0.4, 0.5) is 0 Å². The Morgan fingerprint density at radius 3 is 0.841 bits per heavy atom. The minimum atomic E-state index is -1.10. The van der Waals surface area contributed by atoms with Crippen LogP contribution < -0.4 is 5.32 Å². The van der Waals surface area contributed by atoms with Gasteiger partial charge in [-0.15, -0.1) is 0 Å². The first-order valence-electron chi connectivity index (χ1n) is 31.7. The number of amides is 1. The second-order valence-corrected chi connectivity index (χ2v) is 22.0. The highest BCUT2D eigenvalue weighted by molar-refractivity contribution is 5.80. The molecule has 0 saturated heterocycles. The summed E-state index contributed by atoms with van der Waals surface area (Å²) in [6, 6.07) is -0.796. The molecule has 410 valence electrons. The Labute approximate surface area is 432 Å². The summed E-state index contributed by atoms with van der Waals surface area (Å²) in [4.78, 5) is 12.6. The summed E-state index contributed by atoms with van der Waals surface area (Å²) in [7, 11) is 0. The number of aliphatic hydroxyl groups excluding tert-OH is 3. The summed E-state index contributed by atoms with van der Waals surface area (Å²) < 4.78 is 0. The van der Waals surface area contributed by atoms with Crippen molar-refractivity contribution in [1.29, 1.82) is 0 Å². The Balaban J connectivity index is 3.46. The second kappa shape index (κ2) is 59.4. The van der Waals surface area contributed by atoms with Crippen molar-refractivity contribution in [2.45, 2.75) is 372 Å². The fraction of sp³-hybridized carbons (Fsp3) is 0.922. The Kier molecular flexibility index (Phi) is 58.4. The molecule has 5 nitrogen and oxygen atoms in total. The number of carbonyl (C=O) groups excluding carboxylic acids is 1. The van der Waals surface area contributed by atoms with Gasteiger partial charge in [-0.2, -0.15) is 0 Å². The summed E-state index contributed by atoms with van der Waals surface area (Å²) in [5.41, 5.74) is 0. The molecule has 0 aliphatic heterocycles. The van der Waals surface area contributed by atoms with Crippen molar-refractivity contribution in [3.8, 4) is 0 Å². The van der Waals surface area contributed by atoms with Crippen molar-refractivity contribution in [2.24, 2.45) is 0 Å². The van der Waals surface area contributed by atoms with E-state index in [2.05, 4.69) is 31.3 Å². The minimum Gasteiger partial charge on any atom is -0.394 e. The lowest BCUT2D eigenvalue weighted by atomic mass is 10.0. The van der Waals surface area contributed by atoms with Crippen molar-refractivity contribution in [1.82, 2.24) is 5.32 Å². The molecule has 69 heavy (non-hydrogen) atoms. The molecule has 0 fully saturated rings. The fourth-order valence-corrected chi connectivity index (χ4v) is 10.1. The Morgan fingerprint density at radius 1 is 0.348 bits per heavy atom. The maximum Gasteiger partial charge on any atom is 0.249 e. The van der Waals surface area contributed by atoms with Crippen LogP contribution in [0.1, 0.15) is 354 Å². The third-order valence-corrected chi connectivity index (χ3v) is 15.0. The van der Waals surface area contributed by atoms with Crippen LogP contribution in [0, 0.1) is 0 Å². The molecule has 0 saturated carbocycles. The van der Waals surface area contributed by atoms with Gasteiger partial charge in [-0.25, -0.2) is 0 Å². The SMILES string of the molecule is CCCCCCCCCCCCCCCCC/C=C/C(O)C(CO)NC(=O)C(O)CCCCCCCCCCCCCCCCCC/C=C\CCCCCCCCCCCCCCCCCCCC. The zero-order valence-electron chi connectivity index (χ0n) is 47.0. The summed E-state index contributed by atoms with van der Waals surface area (Å²) in [5.74, 6) is -0.497. The van der Waals surface area contributed by atoms with Gasteiger partial charge >= 0.3 is 0 Å². The normalized spacial score (nSPS) is 13.3. The molecule has 3 unspecified atom stereocenters. The molecule has 0 rings (SSSR count). The van der Waals surface area contributed by atoms with E-state index in [4.69, 9.17) is 0 Å². The molecule has 3 atom stereocenters. The van der Waals surface area contributed by atoms with Crippen LogP contribution in [-0.2, 0) is 4.79 Å². The lowest BCUT2D eigenvalue weighted by Crippen LogP contribution is -2.48. The van der Waals surface area contributed by atoms with Gasteiger partial charge in [0.1, 0.15) is 6.10 Å². The lowest BCUT2D eigenvalue weighted by Gasteiger charge is -2.21. The third kappa shape index (κ3) is 54.4. The summed E-state index contributed by atoms with van der Waals surface area (Å²) >= 11 is 0. The minimum absolute atomic E-state index is 0.360. The largest absolute Gasteiger partial charge is 0.394 e. The average molecular weight is 973 g/mol. The summed E-state index contributed by atoms with van der Waals surface area (Å²) in [6.45, 7) is 4.22. The van der Waals surface area contributed by atoms with Gasteiger partial charge in [-0.3, -0.25) is 4.79 Å². The third-order valence-electron chi connectivity index (χ3n) is 15.0. The molecule has 0 heterocycles. The highest BCUT2D eigenvalue weighted by atomic mass is 16.3. The first-order valence-corrected chi connectivity index (χ1v) is 31.7. The molecule has 0 bridgehead atoms. The van der Waals surface area contributed by atoms with Gasteiger partial charge < -0.3 is 20.6 Å². The molecule has 0 aromatic rings. The standard InChI is InChI=1S/C64H125NO4/c1-3-5-7-9-11-13-15-17-19-21-22-23-24-25-26-27-28-29-30-31-32-33-34-35-36-37-38-39-40-41-43-45-47-49-51-53-55-57-59-63(68)64(69)65-61(60-66)62(67)58-56-54-52-50-48-46-44-42-20-18-16-14-12-10-8-6-4-2/h31-32,56,58,61-63,66-68H,3-30,33-55,57,59-60H2,1-2H3,(H,65,69)/b32-31-,58-56+. The van der Waals surface area contributed by atoms with E-state index in [1.807, 2.05) is 6.08 Å². The van der Waals surface area contributed by atoms with E-state index in [1.165, 1.54) is 302 Å². The van der Waals surface area contributed by atoms with Gasteiger partial charge in [-0.05, 0) is 44.9 Å². The smallest absolute Gasteiger partial charge is 0.249 e. The molecule has 0 aromatic heterocycles. The molecule has 1 amide bonds. The molecule has 0 aromatic carbocycles. The van der Waals surface area contributed by atoms with Crippen LogP contribution in [0.2, 0.25) is 0 Å². The number of rotatable bonds is 59. The van der Waals surface area contributed by atoms with Gasteiger partial charge in [0.2, 0.25) is 5.91 Å². The molecule has 4 N–H and O–H groups in total. The Morgan fingerprint density at radius 2 is 0.580 bits per heavy atom. The molecule has 0 spiro atoms. The quantitative estimate of drug-likeness (QED) is 0.0361. The van der Waals surface area contributed by atoms with Crippen molar-refractivity contribution in [3.63, 3.8) is 0 Å². The van der Waals surface area contributed by atoms with Crippen LogP contribution in [0.5, 0.6) is 0 Å². The molecule has 5 heteroatoms. The van der Waals surface area contributed by atoms with Gasteiger partial charge in [0, 0.05) is 0 Å². The molecule has 0 aliphatic carbocycles. The van der Waals surface area contributed by atoms with Gasteiger partial charge in [0.05, 0.1) is 18.8 Å². The average Bonchev–Trinajstić information content (AvgIpc) is 3.35. The van der Waals surface area contributed by atoms with Gasteiger partial charge in [-0.1, -0.05) is 334 Å². The highest BCUT2D eigenvalue weighted by Gasteiger charge is 2.22. The topological polar surface area (TPSA) is 89.8 Å². The van der Waals surface area contributed by atoms with Gasteiger partial charge in [0.15, 0.2) is 0 Å². The number of nitrogens with one attached hydrogen (secondary N) is 1. The van der Waals surface area contributed by atoms with Crippen LogP contribution in [0.3, 0.4) is 0 Å². The Bertz CT molecular complexity index is 1030. The number of hydrogen-bond donors (Lipinski definition) is 4. The predicted octanol–water partition coefficient (Wildman–Crippen LogP) is 20.0. The molecule has 0 aliphatic rings. The zero-order valence-corrected chi connectivity index (χ0v) is 47.0. The van der Waals surface area contributed by atoms with Crippen LogP contribution in [0.15, 0.2) is 24.3 Å². The van der Waals surface area contributed by atoms with Crippen molar-refractivity contribution < 1.29 is 20.1 Å². The van der Waals surface area contributed by atoms with E-state index >= 15 is 0 Å². The van der Waals surface area contributed by atoms with E-state index in [9.17, 15) is 20.1 Å². The van der Waals surface area contributed by atoms with E-state index in [0.717, 1.165) is 32.1 Å². The molecular formula is C64H125NO4. The Hall–Kier alpha value is -1.17. The molecular weight excluding hydrogens is 847 g/mol. The summed E-state index contributed by atoms with van der Waals surface area (Å²) in [6.07, 6.45) is 77.3. The maximum absolute atomic E-state index is 12.6. The highest BCUT2D eigenvalue weighted by Crippen LogP contribution is 2.18. The fourth-order valence-electron chi connectivity index (χ4n) is 10.1. The maximum atomic E-state index is 12.6. The van der Waals surface area contributed by atoms with E-state index in [1.54, 1.807) is 6.08 Å². The van der Waals surface area contributed by atoms with Crippen LogP contribution in [0.25, 0.3) is 0 Å². The number of aliphatic hydroxyl groups is 3. The molecule has 0 radical (unpaired) electrons. The number of hydrogen-bond acceptors (Lipinski definition) is 4. The van der Waals surface area contributed by atoms with E-state index < -0.39 is 24.2 Å². The number of allylic oxidation sites excluding steroid dienone is 3. The van der Waals surface area contributed by atoms with E-state index in [0.29, 0.717) is 6.42 Å². The van der Waals surface area contributed by atoms with Gasteiger partial charge in [0.25, 0.3) is 0 Å². The predicted molar refractivity (Wildman–Crippen MR) is 305 cm³/mol. The monoisotopic (exact) mass is 972 g/mol. The first kappa shape index (κ1) is 67.8. The van der Waals surface area contributed by atoms with Crippen molar-refractivity contribution >= 4 is 5.91 Å². The van der Waals surface area contributed by atoms with Crippen molar-refractivity contribution in [2.75, 3.05) is 6.61 Å². The van der Waals surface area contributed by atoms with Crippen molar-refractivity contribution in [3.05, 3.63) is 24.3 Å². The first-order chi connectivity index (χ1) is 34.1. The number of unbranched alkanes of at least 4 members (excludes halogenated alkanes) is 49. The summed E-state index contributed by atoms with van der Waals surface area (Å²) in [5, 5.41) is 33.4.